The summed E-state index contributed by atoms with van der Waals surface area (Å²) in [7, 11) is 1.80. The minimum absolute atomic E-state index is 0.0121. The van der Waals surface area contributed by atoms with E-state index in [1.54, 1.807) is 36.4 Å². The zero-order chi connectivity index (χ0) is 16.4. The first-order valence-corrected chi connectivity index (χ1v) is 7.49. The maximum Gasteiger partial charge on any atom is 0.257 e. The van der Waals surface area contributed by atoms with Gasteiger partial charge in [0.1, 0.15) is 11.9 Å². The van der Waals surface area contributed by atoms with Crippen molar-refractivity contribution < 1.29 is 4.79 Å². The summed E-state index contributed by atoms with van der Waals surface area (Å²) in [6.07, 6.45) is 4.92. The van der Waals surface area contributed by atoms with E-state index in [4.69, 9.17) is 5.26 Å². The van der Waals surface area contributed by atoms with E-state index in [1.807, 2.05) is 17.9 Å². The molecular weight excluding hydrogens is 292 g/mol. The van der Waals surface area contributed by atoms with Crippen LogP contribution in [0.25, 0.3) is 0 Å². The summed E-state index contributed by atoms with van der Waals surface area (Å²) in [5.74, 6) is 0.849. The molecule has 7 nitrogen and oxygen atoms in total. The summed E-state index contributed by atoms with van der Waals surface area (Å²) in [5.41, 5.74) is 1.16. The first kappa shape index (κ1) is 15.0. The van der Waals surface area contributed by atoms with Crippen LogP contribution in [0.5, 0.6) is 0 Å². The maximum atomic E-state index is 12.6. The zero-order valence-electron chi connectivity index (χ0n) is 13.2. The standard InChI is InChI=1S/C16H18N6O/c1-12-10-21(15-4-3-13(7-17)8-18-15)5-6-22(12)16(23)14-9-19-20(2)11-14/h3-4,8-9,11-12H,5-6,10H2,1-2H3. The van der Waals surface area contributed by atoms with Crippen LogP contribution in [0, 0.1) is 11.3 Å². The van der Waals surface area contributed by atoms with Gasteiger partial charge in [-0.1, -0.05) is 0 Å². The topological polar surface area (TPSA) is 78.1 Å². The molecular formula is C16H18N6O. The molecule has 1 aliphatic rings. The molecule has 2 aromatic rings. The normalized spacial score (nSPS) is 17.9. The number of piperazine rings is 1. The lowest BCUT2D eigenvalue weighted by Gasteiger charge is -2.40. The fraction of sp³-hybridized carbons (Fsp3) is 0.375. The highest BCUT2D eigenvalue weighted by Gasteiger charge is 2.29. The first-order chi connectivity index (χ1) is 11.1. The zero-order valence-corrected chi connectivity index (χ0v) is 13.2. The minimum Gasteiger partial charge on any atom is -0.353 e. The van der Waals surface area contributed by atoms with E-state index in [0.29, 0.717) is 24.2 Å². The van der Waals surface area contributed by atoms with Gasteiger partial charge in [-0.25, -0.2) is 4.98 Å². The Bertz CT molecular complexity index is 745. The highest BCUT2D eigenvalue weighted by atomic mass is 16.2. The Morgan fingerprint density at radius 2 is 2.17 bits per heavy atom. The number of hydrogen-bond acceptors (Lipinski definition) is 5. The van der Waals surface area contributed by atoms with Gasteiger partial charge in [-0.15, -0.1) is 0 Å². The highest BCUT2D eigenvalue weighted by Crippen LogP contribution is 2.19. The molecule has 3 heterocycles. The van der Waals surface area contributed by atoms with Gasteiger partial charge in [-0.3, -0.25) is 9.48 Å². The van der Waals surface area contributed by atoms with Crippen LogP contribution in [0.2, 0.25) is 0 Å². The molecule has 1 fully saturated rings. The second-order valence-corrected chi connectivity index (χ2v) is 5.71. The molecule has 2 aromatic heterocycles. The average molecular weight is 310 g/mol. The molecule has 0 N–H and O–H groups in total. The van der Waals surface area contributed by atoms with E-state index >= 15 is 0 Å². The summed E-state index contributed by atoms with van der Waals surface area (Å²) < 4.78 is 1.63. The molecule has 1 aliphatic heterocycles. The Labute approximate surface area is 134 Å². The summed E-state index contributed by atoms with van der Waals surface area (Å²) in [6.45, 7) is 4.10. The lowest BCUT2D eigenvalue weighted by atomic mass is 10.1. The van der Waals surface area contributed by atoms with Crippen molar-refractivity contribution in [1.82, 2.24) is 19.7 Å². The van der Waals surface area contributed by atoms with Gasteiger partial charge in [0, 0.05) is 45.1 Å². The van der Waals surface area contributed by atoms with Crippen LogP contribution >= 0.6 is 0 Å². The SMILES string of the molecule is CC1CN(c2ccc(C#N)cn2)CCN1C(=O)c1cnn(C)c1. The lowest BCUT2D eigenvalue weighted by molar-refractivity contribution is 0.0673. The number of aryl methyl sites for hydroxylation is 1. The van der Waals surface area contributed by atoms with E-state index < -0.39 is 0 Å². The van der Waals surface area contributed by atoms with Gasteiger partial charge in [0.05, 0.1) is 17.3 Å². The molecule has 118 valence electrons. The van der Waals surface area contributed by atoms with Crippen molar-refractivity contribution in [2.75, 3.05) is 24.5 Å². The second kappa shape index (κ2) is 6.08. The number of carbonyl (C=O) groups is 1. The van der Waals surface area contributed by atoms with E-state index in [9.17, 15) is 4.79 Å². The molecule has 1 unspecified atom stereocenters. The van der Waals surface area contributed by atoms with E-state index in [2.05, 4.69) is 21.1 Å². The summed E-state index contributed by atoms with van der Waals surface area (Å²) in [4.78, 5) is 20.9. The molecule has 0 aliphatic carbocycles. The smallest absolute Gasteiger partial charge is 0.257 e. The number of aromatic nitrogens is 3. The quantitative estimate of drug-likeness (QED) is 0.828. The van der Waals surface area contributed by atoms with Crippen molar-refractivity contribution in [3.8, 4) is 6.07 Å². The summed E-state index contributed by atoms with van der Waals surface area (Å²) in [6, 6.07) is 5.76. The Balaban J connectivity index is 1.69. The van der Waals surface area contributed by atoms with Gasteiger partial charge < -0.3 is 9.80 Å². The van der Waals surface area contributed by atoms with Crippen molar-refractivity contribution >= 4 is 11.7 Å². The fourth-order valence-electron chi connectivity index (χ4n) is 2.80. The van der Waals surface area contributed by atoms with Crippen molar-refractivity contribution in [1.29, 1.82) is 5.26 Å². The van der Waals surface area contributed by atoms with Gasteiger partial charge in [-0.2, -0.15) is 10.4 Å². The molecule has 0 bridgehead atoms. The number of nitriles is 1. The third-order valence-electron chi connectivity index (χ3n) is 4.04. The van der Waals surface area contributed by atoms with Crippen LogP contribution in [0.4, 0.5) is 5.82 Å². The molecule has 7 heteroatoms. The van der Waals surface area contributed by atoms with Crippen molar-refractivity contribution in [2.45, 2.75) is 13.0 Å². The average Bonchev–Trinajstić information content (AvgIpc) is 3.01. The molecule has 0 saturated carbocycles. The number of nitrogens with zero attached hydrogens (tertiary/aromatic N) is 6. The van der Waals surface area contributed by atoms with Crippen LogP contribution in [-0.2, 0) is 7.05 Å². The van der Waals surface area contributed by atoms with Crippen LogP contribution in [0.3, 0.4) is 0 Å². The lowest BCUT2D eigenvalue weighted by Crippen LogP contribution is -2.54. The predicted molar refractivity (Wildman–Crippen MR) is 84.9 cm³/mol. The number of pyridine rings is 1. The molecule has 0 spiro atoms. The third kappa shape index (κ3) is 3.01. The number of anilines is 1. The van der Waals surface area contributed by atoms with Gasteiger partial charge in [0.2, 0.25) is 0 Å². The van der Waals surface area contributed by atoms with E-state index in [1.165, 1.54) is 0 Å². The largest absolute Gasteiger partial charge is 0.353 e. The van der Waals surface area contributed by atoms with Gasteiger partial charge in [-0.05, 0) is 19.1 Å². The van der Waals surface area contributed by atoms with Crippen LogP contribution < -0.4 is 4.90 Å². The number of amides is 1. The Hall–Kier alpha value is -2.88. The monoisotopic (exact) mass is 310 g/mol. The molecule has 3 rings (SSSR count). The molecule has 0 radical (unpaired) electrons. The molecule has 23 heavy (non-hydrogen) atoms. The molecule has 0 aromatic carbocycles. The number of rotatable bonds is 2. The highest BCUT2D eigenvalue weighted by molar-refractivity contribution is 5.94. The Morgan fingerprint density at radius 1 is 1.35 bits per heavy atom. The summed E-state index contributed by atoms with van der Waals surface area (Å²) >= 11 is 0. The maximum absolute atomic E-state index is 12.6. The van der Waals surface area contributed by atoms with Gasteiger partial charge >= 0.3 is 0 Å². The van der Waals surface area contributed by atoms with Crippen LogP contribution in [0.1, 0.15) is 22.8 Å². The third-order valence-corrected chi connectivity index (χ3v) is 4.04. The summed E-state index contributed by atoms with van der Waals surface area (Å²) in [5, 5.41) is 12.9. The van der Waals surface area contributed by atoms with Gasteiger partial charge in [0.15, 0.2) is 0 Å². The number of hydrogen-bond donors (Lipinski definition) is 0. The Kier molecular flexibility index (Phi) is 3.98. The number of carbonyl (C=O) groups excluding carboxylic acids is 1. The first-order valence-electron chi connectivity index (χ1n) is 7.49. The van der Waals surface area contributed by atoms with Crippen LogP contribution in [-0.4, -0.2) is 51.2 Å². The second-order valence-electron chi connectivity index (χ2n) is 5.71. The predicted octanol–water partition coefficient (Wildman–Crippen LogP) is 1.04. The molecule has 1 atom stereocenters. The van der Waals surface area contributed by atoms with Crippen molar-refractivity contribution in [3.05, 3.63) is 41.9 Å². The molecule has 1 amide bonds. The van der Waals surface area contributed by atoms with Gasteiger partial charge in [0.25, 0.3) is 5.91 Å². The molecule has 1 saturated heterocycles. The van der Waals surface area contributed by atoms with Crippen molar-refractivity contribution in [2.24, 2.45) is 7.05 Å². The van der Waals surface area contributed by atoms with Crippen molar-refractivity contribution in [3.63, 3.8) is 0 Å². The van der Waals surface area contributed by atoms with E-state index in [-0.39, 0.29) is 11.9 Å². The van der Waals surface area contributed by atoms with Crippen LogP contribution in [0.15, 0.2) is 30.7 Å². The van der Waals surface area contributed by atoms with E-state index in [0.717, 1.165) is 12.4 Å². The fourth-order valence-corrected chi connectivity index (χ4v) is 2.80. The minimum atomic E-state index is 0.0121. The Morgan fingerprint density at radius 3 is 2.74 bits per heavy atom.